The molecule has 3 fully saturated rings. The van der Waals surface area contributed by atoms with Gasteiger partial charge in [-0.25, -0.2) is 0 Å². The SMILES string of the molecule is O=C(c1ccc2c(c1)C(=O)N(C1CC1)C2=O)N1C[C@H]2CN(Cc3ccccc3)C[C@@H]2C1. The summed E-state index contributed by atoms with van der Waals surface area (Å²) in [5.74, 6) is 0.506. The summed E-state index contributed by atoms with van der Waals surface area (Å²) in [5.41, 5.74) is 2.66. The Bertz CT molecular complexity index is 1060. The standard InChI is InChI=1S/C25H25N3O3/c29-23(17-6-9-21-22(10-17)25(31)28(24(21)30)20-7-8-20)27-14-18-12-26(13-19(18)15-27)11-16-4-2-1-3-5-16/h1-6,9-10,18-20H,7-8,11-15H2/t18-,19-/m1/s1. The first kappa shape index (κ1) is 18.8. The average Bonchev–Trinajstić information content (AvgIpc) is 3.35. The van der Waals surface area contributed by atoms with Crippen LogP contribution in [0.25, 0.3) is 0 Å². The van der Waals surface area contributed by atoms with Crippen molar-refractivity contribution in [3.63, 3.8) is 0 Å². The molecule has 31 heavy (non-hydrogen) atoms. The fourth-order valence-corrected chi connectivity index (χ4v) is 5.47. The Kier molecular flexibility index (Phi) is 4.25. The molecule has 6 heteroatoms. The van der Waals surface area contributed by atoms with Crippen molar-refractivity contribution < 1.29 is 14.4 Å². The number of hydrogen-bond acceptors (Lipinski definition) is 4. The van der Waals surface area contributed by atoms with Crippen LogP contribution in [0.5, 0.6) is 0 Å². The van der Waals surface area contributed by atoms with Crippen molar-refractivity contribution in [2.75, 3.05) is 26.2 Å². The first-order chi connectivity index (χ1) is 15.1. The summed E-state index contributed by atoms with van der Waals surface area (Å²) in [6, 6.07) is 15.6. The molecular weight excluding hydrogens is 390 g/mol. The number of fused-ring (bicyclic) bond motifs is 2. The molecule has 6 nitrogen and oxygen atoms in total. The predicted octanol–water partition coefficient (Wildman–Crippen LogP) is 2.65. The van der Waals surface area contributed by atoms with Crippen LogP contribution in [0.3, 0.4) is 0 Å². The van der Waals surface area contributed by atoms with Crippen LogP contribution in [0, 0.1) is 11.8 Å². The van der Waals surface area contributed by atoms with E-state index >= 15 is 0 Å². The molecule has 0 N–H and O–H groups in total. The van der Waals surface area contributed by atoms with Crippen LogP contribution >= 0.6 is 0 Å². The molecule has 158 valence electrons. The summed E-state index contributed by atoms with van der Waals surface area (Å²) in [7, 11) is 0. The third kappa shape index (κ3) is 3.17. The van der Waals surface area contributed by atoms with Crippen LogP contribution in [0.2, 0.25) is 0 Å². The van der Waals surface area contributed by atoms with Crippen molar-refractivity contribution in [1.82, 2.24) is 14.7 Å². The molecular formula is C25H25N3O3. The molecule has 2 aromatic rings. The molecule has 2 aromatic carbocycles. The van der Waals surface area contributed by atoms with E-state index in [9.17, 15) is 14.4 Å². The van der Waals surface area contributed by atoms with E-state index in [1.165, 1.54) is 10.5 Å². The van der Waals surface area contributed by atoms with Crippen molar-refractivity contribution >= 4 is 17.7 Å². The summed E-state index contributed by atoms with van der Waals surface area (Å²) in [5, 5.41) is 0. The number of imide groups is 1. The number of likely N-dealkylation sites (tertiary alicyclic amines) is 2. The van der Waals surface area contributed by atoms with E-state index in [4.69, 9.17) is 0 Å². The summed E-state index contributed by atoms with van der Waals surface area (Å²) in [6.07, 6.45) is 1.77. The van der Waals surface area contributed by atoms with Crippen molar-refractivity contribution in [2.45, 2.75) is 25.4 Å². The van der Waals surface area contributed by atoms with Gasteiger partial charge in [0.1, 0.15) is 0 Å². The Morgan fingerprint density at radius 3 is 2.19 bits per heavy atom. The van der Waals surface area contributed by atoms with E-state index in [0.717, 1.165) is 45.6 Å². The maximum absolute atomic E-state index is 13.2. The quantitative estimate of drug-likeness (QED) is 0.721. The van der Waals surface area contributed by atoms with Crippen molar-refractivity contribution in [1.29, 1.82) is 0 Å². The molecule has 1 saturated carbocycles. The lowest BCUT2D eigenvalue weighted by atomic mass is 10.0. The highest BCUT2D eigenvalue weighted by Crippen LogP contribution is 2.36. The largest absolute Gasteiger partial charge is 0.338 e. The Balaban J connectivity index is 1.13. The average molecular weight is 415 g/mol. The molecule has 3 aliphatic heterocycles. The van der Waals surface area contributed by atoms with Crippen molar-refractivity contribution in [2.24, 2.45) is 11.8 Å². The molecule has 4 aliphatic rings. The van der Waals surface area contributed by atoms with Gasteiger partial charge in [0.25, 0.3) is 17.7 Å². The molecule has 0 bridgehead atoms. The second-order valence-electron chi connectivity index (χ2n) is 9.38. The lowest BCUT2D eigenvalue weighted by molar-refractivity contribution is 0.0642. The highest BCUT2D eigenvalue weighted by molar-refractivity contribution is 6.22. The van der Waals surface area contributed by atoms with Gasteiger partial charge in [-0.2, -0.15) is 0 Å². The minimum absolute atomic E-state index is 0.0306. The number of carbonyl (C=O) groups is 3. The molecule has 3 heterocycles. The third-order valence-electron chi connectivity index (χ3n) is 7.18. The minimum Gasteiger partial charge on any atom is -0.338 e. The number of carbonyl (C=O) groups excluding carboxylic acids is 3. The topological polar surface area (TPSA) is 60.9 Å². The molecule has 2 atom stereocenters. The zero-order chi connectivity index (χ0) is 21.1. The molecule has 0 radical (unpaired) electrons. The van der Waals surface area contributed by atoms with Crippen LogP contribution in [0.4, 0.5) is 0 Å². The number of hydrogen-bond donors (Lipinski definition) is 0. The smallest absolute Gasteiger partial charge is 0.261 e. The Labute approximate surface area is 181 Å². The van der Waals surface area contributed by atoms with E-state index < -0.39 is 0 Å². The zero-order valence-electron chi connectivity index (χ0n) is 17.4. The second-order valence-corrected chi connectivity index (χ2v) is 9.38. The lowest BCUT2D eigenvalue weighted by Crippen LogP contribution is -2.33. The van der Waals surface area contributed by atoms with Gasteiger partial charge in [0.05, 0.1) is 11.1 Å². The van der Waals surface area contributed by atoms with Gasteiger partial charge >= 0.3 is 0 Å². The van der Waals surface area contributed by atoms with Gasteiger partial charge in [0, 0.05) is 44.3 Å². The Morgan fingerprint density at radius 2 is 1.52 bits per heavy atom. The summed E-state index contributed by atoms with van der Waals surface area (Å²) in [4.78, 5) is 44.2. The van der Waals surface area contributed by atoms with Gasteiger partial charge in [-0.1, -0.05) is 30.3 Å². The van der Waals surface area contributed by atoms with E-state index in [0.29, 0.717) is 28.5 Å². The molecule has 2 saturated heterocycles. The lowest BCUT2D eigenvalue weighted by Gasteiger charge is -2.22. The van der Waals surface area contributed by atoms with Crippen LogP contribution in [-0.4, -0.2) is 64.6 Å². The fourth-order valence-electron chi connectivity index (χ4n) is 5.47. The maximum atomic E-state index is 13.2. The summed E-state index contributed by atoms with van der Waals surface area (Å²) < 4.78 is 0. The number of benzene rings is 2. The molecule has 1 aliphatic carbocycles. The third-order valence-corrected chi connectivity index (χ3v) is 7.18. The van der Waals surface area contributed by atoms with Gasteiger partial charge in [0.2, 0.25) is 0 Å². The summed E-state index contributed by atoms with van der Waals surface area (Å²) in [6.45, 7) is 4.49. The molecule has 0 unspecified atom stereocenters. The summed E-state index contributed by atoms with van der Waals surface area (Å²) >= 11 is 0. The van der Waals surface area contributed by atoms with E-state index in [2.05, 4.69) is 29.2 Å². The van der Waals surface area contributed by atoms with Gasteiger partial charge in [-0.05, 0) is 48.4 Å². The highest BCUT2D eigenvalue weighted by atomic mass is 16.2. The van der Waals surface area contributed by atoms with E-state index in [1.807, 2.05) is 11.0 Å². The van der Waals surface area contributed by atoms with Crippen LogP contribution < -0.4 is 0 Å². The molecule has 6 rings (SSSR count). The van der Waals surface area contributed by atoms with Crippen LogP contribution in [0.15, 0.2) is 48.5 Å². The molecule has 3 amide bonds. The van der Waals surface area contributed by atoms with Gasteiger partial charge in [-0.3, -0.25) is 24.2 Å². The zero-order valence-corrected chi connectivity index (χ0v) is 17.4. The fraction of sp³-hybridized carbons (Fsp3) is 0.400. The van der Waals surface area contributed by atoms with E-state index in [-0.39, 0.29) is 23.8 Å². The minimum atomic E-state index is -0.244. The highest BCUT2D eigenvalue weighted by Gasteiger charge is 2.45. The van der Waals surface area contributed by atoms with Crippen LogP contribution in [0.1, 0.15) is 49.5 Å². The second kappa shape index (κ2) is 7.02. The number of nitrogens with zero attached hydrogens (tertiary/aromatic N) is 3. The van der Waals surface area contributed by atoms with E-state index in [1.54, 1.807) is 18.2 Å². The monoisotopic (exact) mass is 415 g/mol. The van der Waals surface area contributed by atoms with Crippen LogP contribution in [-0.2, 0) is 6.54 Å². The first-order valence-corrected chi connectivity index (χ1v) is 11.2. The van der Waals surface area contributed by atoms with Gasteiger partial charge in [0.15, 0.2) is 0 Å². The first-order valence-electron chi connectivity index (χ1n) is 11.2. The van der Waals surface area contributed by atoms with Gasteiger partial charge < -0.3 is 4.90 Å². The van der Waals surface area contributed by atoms with Crippen molar-refractivity contribution in [3.05, 3.63) is 70.8 Å². The number of amides is 3. The Hall–Kier alpha value is -2.99. The predicted molar refractivity (Wildman–Crippen MR) is 115 cm³/mol. The number of rotatable bonds is 4. The van der Waals surface area contributed by atoms with Crippen molar-refractivity contribution in [3.8, 4) is 0 Å². The normalized spacial score (nSPS) is 25.3. The molecule has 0 aromatic heterocycles. The maximum Gasteiger partial charge on any atom is 0.261 e. The van der Waals surface area contributed by atoms with Gasteiger partial charge in [-0.15, -0.1) is 0 Å². The Morgan fingerprint density at radius 1 is 0.839 bits per heavy atom. The molecule has 0 spiro atoms.